The van der Waals surface area contributed by atoms with Crippen LogP contribution in [0.15, 0.2) is 61.2 Å². The van der Waals surface area contributed by atoms with E-state index in [4.69, 9.17) is 4.74 Å². The Morgan fingerprint density at radius 3 is 2.31 bits per heavy atom. The summed E-state index contributed by atoms with van der Waals surface area (Å²) in [5.74, 6) is 0.584. The Balaban J connectivity index is 1.71. The average Bonchev–Trinajstić information content (AvgIpc) is 2.78. The van der Waals surface area contributed by atoms with Crippen LogP contribution in [0.4, 0.5) is 5.95 Å². The molecule has 0 amide bonds. The molecule has 7 heteroatoms. The van der Waals surface area contributed by atoms with Gasteiger partial charge in [-0.2, -0.15) is 0 Å². The molecule has 0 fully saturated rings. The zero-order valence-corrected chi connectivity index (χ0v) is 19.0. The fourth-order valence-electron chi connectivity index (χ4n) is 3.08. The highest BCUT2D eigenvalue weighted by Crippen LogP contribution is 2.21. The van der Waals surface area contributed by atoms with Crippen molar-refractivity contribution >= 4 is 11.9 Å². The summed E-state index contributed by atoms with van der Waals surface area (Å²) in [6.07, 6.45) is 8.17. The van der Waals surface area contributed by atoms with Crippen LogP contribution in [0.3, 0.4) is 0 Å². The average molecular weight is 435 g/mol. The molecule has 7 nitrogen and oxygen atoms in total. The summed E-state index contributed by atoms with van der Waals surface area (Å²) in [5.41, 5.74) is 2.03. The largest absolute Gasteiger partial charge is 0.478 e. The van der Waals surface area contributed by atoms with Gasteiger partial charge in [-0.25, -0.2) is 14.8 Å². The number of pyridine rings is 1. The lowest BCUT2D eigenvalue weighted by molar-refractivity contribution is -0.152. The SMILES string of the molecule is CC(C)c1cnc(N(CCc2ccc(OC(C)(C)C(=O)O)cc2)Cc2cccnc2)nc1. The summed E-state index contributed by atoms with van der Waals surface area (Å²) < 4.78 is 5.59. The number of rotatable bonds is 10. The summed E-state index contributed by atoms with van der Waals surface area (Å²) in [5, 5.41) is 9.23. The second kappa shape index (κ2) is 10.2. The van der Waals surface area contributed by atoms with E-state index in [1.165, 1.54) is 13.8 Å². The molecule has 0 unspecified atom stereocenters. The Kier molecular flexibility index (Phi) is 7.41. The van der Waals surface area contributed by atoms with Crippen molar-refractivity contribution in [3.05, 3.63) is 77.9 Å². The number of benzene rings is 1. The number of carboxylic acid groups (broad SMARTS) is 1. The van der Waals surface area contributed by atoms with Crippen LogP contribution in [0.2, 0.25) is 0 Å². The number of hydrogen-bond acceptors (Lipinski definition) is 6. The minimum atomic E-state index is -1.28. The molecule has 0 aliphatic carbocycles. The second-order valence-corrected chi connectivity index (χ2v) is 8.57. The summed E-state index contributed by atoms with van der Waals surface area (Å²) in [4.78, 5) is 26.8. The molecule has 1 aromatic carbocycles. The predicted octanol–water partition coefficient (Wildman–Crippen LogP) is 4.49. The monoisotopic (exact) mass is 434 g/mol. The van der Waals surface area contributed by atoms with Gasteiger partial charge in [0.1, 0.15) is 5.75 Å². The molecule has 0 bridgehead atoms. The van der Waals surface area contributed by atoms with Crippen LogP contribution < -0.4 is 9.64 Å². The van der Waals surface area contributed by atoms with Gasteiger partial charge in [0.15, 0.2) is 5.60 Å². The van der Waals surface area contributed by atoms with Crippen molar-refractivity contribution in [1.29, 1.82) is 0 Å². The Morgan fingerprint density at radius 2 is 1.75 bits per heavy atom. The number of ether oxygens (including phenoxy) is 1. The Bertz CT molecular complexity index is 1000. The third-order valence-corrected chi connectivity index (χ3v) is 5.19. The third kappa shape index (κ3) is 6.26. The van der Waals surface area contributed by atoms with E-state index in [9.17, 15) is 9.90 Å². The molecule has 0 aliphatic rings. The first-order valence-corrected chi connectivity index (χ1v) is 10.7. The molecule has 168 valence electrons. The summed E-state index contributed by atoms with van der Waals surface area (Å²) >= 11 is 0. The molecule has 32 heavy (non-hydrogen) atoms. The molecule has 3 rings (SSSR count). The smallest absolute Gasteiger partial charge is 0.347 e. The third-order valence-electron chi connectivity index (χ3n) is 5.19. The van der Waals surface area contributed by atoms with Crippen molar-refractivity contribution in [2.24, 2.45) is 0 Å². The van der Waals surface area contributed by atoms with Crippen LogP contribution in [0.1, 0.15) is 50.3 Å². The minimum Gasteiger partial charge on any atom is -0.478 e. The molecule has 0 atom stereocenters. The van der Waals surface area contributed by atoms with E-state index in [-0.39, 0.29) is 0 Å². The maximum absolute atomic E-state index is 11.3. The Hall–Kier alpha value is -3.48. The molecule has 0 saturated heterocycles. The first kappa shape index (κ1) is 23.2. The maximum atomic E-state index is 11.3. The standard InChI is InChI=1S/C25H30N4O3/c1-18(2)21-15-27-24(28-16-21)29(17-20-6-5-12-26-14-20)13-11-19-7-9-22(10-8-19)32-25(3,4)23(30)31/h5-10,12,14-16,18H,11,13,17H2,1-4H3,(H,30,31). The van der Waals surface area contributed by atoms with E-state index in [0.29, 0.717) is 24.2 Å². The van der Waals surface area contributed by atoms with Crippen LogP contribution in [0.25, 0.3) is 0 Å². The molecule has 2 aromatic heterocycles. The Labute approximate surface area is 189 Å². The lowest BCUT2D eigenvalue weighted by Gasteiger charge is -2.23. The number of carbonyl (C=O) groups is 1. The van der Waals surface area contributed by atoms with Crippen LogP contribution in [-0.4, -0.2) is 38.2 Å². The van der Waals surface area contributed by atoms with Crippen molar-refractivity contribution in [3.8, 4) is 5.75 Å². The first-order chi connectivity index (χ1) is 15.2. The highest BCUT2D eigenvalue weighted by atomic mass is 16.5. The zero-order chi connectivity index (χ0) is 23.1. The van der Waals surface area contributed by atoms with E-state index >= 15 is 0 Å². The number of aromatic nitrogens is 3. The molecule has 0 spiro atoms. The van der Waals surface area contributed by atoms with E-state index in [1.807, 2.05) is 42.9 Å². The summed E-state index contributed by atoms with van der Waals surface area (Å²) in [6, 6.07) is 11.5. The van der Waals surface area contributed by atoms with Crippen LogP contribution >= 0.6 is 0 Å². The number of anilines is 1. The van der Waals surface area contributed by atoms with E-state index in [1.54, 1.807) is 18.3 Å². The fourth-order valence-corrected chi connectivity index (χ4v) is 3.08. The molecule has 1 N–H and O–H groups in total. The topological polar surface area (TPSA) is 88.4 Å². The van der Waals surface area contributed by atoms with Gasteiger partial charge in [0.25, 0.3) is 0 Å². The number of hydrogen-bond donors (Lipinski definition) is 1. The van der Waals surface area contributed by atoms with Gasteiger partial charge in [0.05, 0.1) is 0 Å². The normalized spacial score (nSPS) is 11.4. The molecule has 3 aromatic rings. The minimum absolute atomic E-state index is 0.377. The lowest BCUT2D eigenvalue weighted by Crippen LogP contribution is -2.37. The van der Waals surface area contributed by atoms with Gasteiger partial charge in [-0.1, -0.05) is 32.0 Å². The quantitative estimate of drug-likeness (QED) is 0.503. The van der Waals surface area contributed by atoms with Gasteiger partial charge in [0, 0.05) is 37.9 Å². The van der Waals surface area contributed by atoms with Gasteiger partial charge in [-0.15, -0.1) is 0 Å². The molecule has 0 aliphatic heterocycles. The fraction of sp³-hybridized carbons (Fsp3) is 0.360. The van der Waals surface area contributed by atoms with Crippen molar-refractivity contribution in [3.63, 3.8) is 0 Å². The van der Waals surface area contributed by atoms with Crippen molar-refractivity contribution in [1.82, 2.24) is 15.0 Å². The Morgan fingerprint density at radius 1 is 1.06 bits per heavy atom. The van der Waals surface area contributed by atoms with Crippen LogP contribution in [-0.2, 0) is 17.8 Å². The van der Waals surface area contributed by atoms with Crippen LogP contribution in [0.5, 0.6) is 5.75 Å². The molecular formula is C25H30N4O3. The molecule has 0 saturated carbocycles. The second-order valence-electron chi connectivity index (χ2n) is 8.57. The van der Waals surface area contributed by atoms with Gasteiger partial charge >= 0.3 is 5.97 Å². The van der Waals surface area contributed by atoms with Gasteiger partial charge in [-0.05, 0) is 61.1 Å². The highest BCUT2D eigenvalue weighted by Gasteiger charge is 2.29. The highest BCUT2D eigenvalue weighted by molar-refractivity contribution is 5.76. The van der Waals surface area contributed by atoms with Crippen molar-refractivity contribution < 1.29 is 14.6 Å². The first-order valence-electron chi connectivity index (χ1n) is 10.7. The van der Waals surface area contributed by atoms with Gasteiger partial charge in [-0.3, -0.25) is 4.98 Å². The van der Waals surface area contributed by atoms with Gasteiger partial charge < -0.3 is 14.7 Å². The van der Waals surface area contributed by atoms with E-state index in [2.05, 4.69) is 33.7 Å². The van der Waals surface area contributed by atoms with E-state index in [0.717, 1.165) is 29.7 Å². The predicted molar refractivity (Wildman–Crippen MR) is 124 cm³/mol. The molecule has 2 heterocycles. The van der Waals surface area contributed by atoms with Gasteiger partial charge in [0.2, 0.25) is 5.95 Å². The molecule has 0 radical (unpaired) electrons. The van der Waals surface area contributed by atoms with E-state index < -0.39 is 11.6 Å². The van der Waals surface area contributed by atoms with Crippen molar-refractivity contribution in [2.75, 3.05) is 11.4 Å². The number of aliphatic carboxylic acids is 1. The number of carboxylic acids is 1. The summed E-state index contributed by atoms with van der Waals surface area (Å²) in [7, 11) is 0. The maximum Gasteiger partial charge on any atom is 0.347 e. The van der Waals surface area contributed by atoms with Crippen LogP contribution in [0, 0.1) is 0 Å². The lowest BCUT2D eigenvalue weighted by atomic mass is 10.1. The zero-order valence-electron chi connectivity index (χ0n) is 19.0. The number of nitrogens with zero attached hydrogens (tertiary/aromatic N) is 4. The summed E-state index contributed by atoms with van der Waals surface area (Å²) in [6.45, 7) is 8.68. The van der Waals surface area contributed by atoms with Crippen molar-refractivity contribution in [2.45, 2.75) is 52.2 Å². The molecular weight excluding hydrogens is 404 g/mol.